The predicted molar refractivity (Wildman–Crippen MR) is 141 cm³/mol. The second-order valence-corrected chi connectivity index (χ2v) is 9.14. The molecule has 178 valence electrons. The van der Waals surface area contributed by atoms with E-state index in [1.54, 1.807) is 24.7 Å². The number of anilines is 1. The maximum atomic E-state index is 15.4. The monoisotopic (exact) mass is 476 g/mol. The minimum absolute atomic E-state index is 0.223. The highest BCUT2D eigenvalue weighted by atomic mass is 19.1. The van der Waals surface area contributed by atoms with Crippen LogP contribution in [-0.2, 0) is 0 Å². The van der Waals surface area contributed by atoms with Gasteiger partial charge < -0.3 is 9.80 Å². The van der Waals surface area contributed by atoms with Crippen molar-refractivity contribution < 1.29 is 4.39 Å². The summed E-state index contributed by atoms with van der Waals surface area (Å²) in [5.74, 6) is 6.94. The number of hydrogen-bond acceptors (Lipinski definition) is 5. The molecule has 1 aliphatic heterocycles. The Morgan fingerprint density at radius 3 is 2.50 bits per heavy atom. The number of aromatic nitrogens is 4. The standard InChI is InChI=1S/C29H25FN6/c1-20-33-27-19-32-26-9-7-21(5-6-22-4-3-11-31-18-22)16-24(26)29(27)36(20)23-8-10-28(25(30)17-23)35-14-12-34(2)13-15-35/h3-4,7-11,16-19H,12-15H2,1-2H3. The van der Waals surface area contributed by atoms with Crippen molar-refractivity contribution in [3.8, 4) is 17.5 Å². The van der Waals surface area contributed by atoms with Gasteiger partial charge >= 0.3 is 0 Å². The number of nitrogens with zero attached hydrogens (tertiary/aromatic N) is 6. The summed E-state index contributed by atoms with van der Waals surface area (Å²) in [5, 5.41) is 0.926. The smallest absolute Gasteiger partial charge is 0.148 e. The van der Waals surface area contributed by atoms with Gasteiger partial charge in [0.05, 0.1) is 28.6 Å². The van der Waals surface area contributed by atoms with Crippen LogP contribution in [0.25, 0.3) is 27.6 Å². The first kappa shape index (κ1) is 22.2. The summed E-state index contributed by atoms with van der Waals surface area (Å²) >= 11 is 0. The fraction of sp³-hybridized carbons (Fsp3) is 0.207. The van der Waals surface area contributed by atoms with E-state index in [1.807, 2.05) is 54.0 Å². The molecular weight excluding hydrogens is 451 g/mol. The second-order valence-electron chi connectivity index (χ2n) is 9.14. The maximum absolute atomic E-state index is 15.4. The van der Waals surface area contributed by atoms with Crippen LogP contribution < -0.4 is 4.90 Å². The molecular formula is C29H25FN6. The molecule has 7 heteroatoms. The Bertz CT molecular complexity index is 1640. The Morgan fingerprint density at radius 2 is 1.72 bits per heavy atom. The van der Waals surface area contributed by atoms with E-state index in [0.717, 1.165) is 70.8 Å². The average molecular weight is 477 g/mol. The van der Waals surface area contributed by atoms with E-state index in [9.17, 15) is 0 Å². The van der Waals surface area contributed by atoms with Gasteiger partial charge in [0.1, 0.15) is 17.2 Å². The molecule has 0 saturated carbocycles. The van der Waals surface area contributed by atoms with E-state index < -0.39 is 0 Å². The molecule has 0 amide bonds. The number of hydrogen-bond donors (Lipinski definition) is 0. The normalized spacial score (nSPS) is 14.2. The minimum atomic E-state index is -0.223. The number of rotatable bonds is 2. The third-order valence-electron chi connectivity index (χ3n) is 6.70. The molecule has 0 unspecified atom stereocenters. The number of benzene rings is 2. The molecule has 0 aliphatic carbocycles. The van der Waals surface area contributed by atoms with Gasteiger partial charge in [0.15, 0.2) is 0 Å². The van der Waals surface area contributed by atoms with Crippen molar-refractivity contribution in [1.29, 1.82) is 0 Å². The van der Waals surface area contributed by atoms with Gasteiger partial charge in [0.25, 0.3) is 0 Å². The first-order valence-corrected chi connectivity index (χ1v) is 12.0. The molecule has 1 saturated heterocycles. The molecule has 0 spiro atoms. The Labute approximate surface area is 209 Å². The van der Waals surface area contributed by atoms with Crippen LogP contribution in [0.3, 0.4) is 0 Å². The largest absolute Gasteiger partial charge is 0.367 e. The minimum Gasteiger partial charge on any atom is -0.367 e. The summed E-state index contributed by atoms with van der Waals surface area (Å²) in [6.07, 6.45) is 5.25. The molecule has 0 radical (unpaired) electrons. The van der Waals surface area contributed by atoms with Crippen LogP contribution >= 0.6 is 0 Å². The Balaban J connectivity index is 1.45. The van der Waals surface area contributed by atoms with Crippen molar-refractivity contribution in [3.63, 3.8) is 0 Å². The molecule has 0 bridgehead atoms. The van der Waals surface area contributed by atoms with Crippen molar-refractivity contribution in [2.24, 2.45) is 0 Å². The van der Waals surface area contributed by atoms with E-state index in [-0.39, 0.29) is 5.82 Å². The van der Waals surface area contributed by atoms with E-state index >= 15 is 4.39 Å². The van der Waals surface area contributed by atoms with Crippen LogP contribution in [0.2, 0.25) is 0 Å². The van der Waals surface area contributed by atoms with Gasteiger partial charge in [-0.1, -0.05) is 11.8 Å². The first-order valence-electron chi connectivity index (χ1n) is 12.0. The fourth-order valence-corrected chi connectivity index (χ4v) is 4.78. The Morgan fingerprint density at radius 1 is 0.889 bits per heavy atom. The summed E-state index contributed by atoms with van der Waals surface area (Å²) in [7, 11) is 2.10. The number of pyridine rings is 2. The topological polar surface area (TPSA) is 50.1 Å². The van der Waals surface area contributed by atoms with Gasteiger partial charge in [-0.3, -0.25) is 14.5 Å². The number of fused-ring (bicyclic) bond motifs is 3. The number of halogens is 1. The molecule has 0 N–H and O–H groups in total. The number of imidazole rings is 1. The Kier molecular flexibility index (Phi) is 5.59. The van der Waals surface area contributed by atoms with Gasteiger partial charge in [0, 0.05) is 61.2 Å². The first-order chi connectivity index (χ1) is 17.6. The number of piperazine rings is 1. The zero-order valence-electron chi connectivity index (χ0n) is 20.2. The summed E-state index contributed by atoms with van der Waals surface area (Å²) in [6, 6.07) is 15.2. The molecule has 1 fully saturated rings. The molecule has 0 atom stereocenters. The summed E-state index contributed by atoms with van der Waals surface area (Å²) in [5.41, 5.74) is 5.60. The van der Waals surface area contributed by atoms with Crippen LogP contribution in [0.15, 0.2) is 67.1 Å². The van der Waals surface area contributed by atoms with Crippen LogP contribution in [-0.4, -0.2) is 57.6 Å². The van der Waals surface area contributed by atoms with Crippen molar-refractivity contribution in [3.05, 3.63) is 89.9 Å². The lowest BCUT2D eigenvalue weighted by molar-refractivity contribution is 0.311. The van der Waals surface area contributed by atoms with Crippen LogP contribution in [0.4, 0.5) is 10.1 Å². The Hall–Kier alpha value is -4.28. The van der Waals surface area contributed by atoms with Crippen molar-refractivity contribution in [1.82, 2.24) is 24.4 Å². The van der Waals surface area contributed by atoms with Gasteiger partial charge in [-0.05, 0) is 56.4 Å². The zero-order valence-corrected chi connectivity index (χ0v) is 20.2. The number of likely N-dealkylation sites (N-methyl/N-ethyl adjacent to an activating group) is 1. The van der Waals surface area contributed by atoms with Gasteiger partial charge in [-0.15, -0.1) is 0 Å². The third kappa shape index (κ3) is 4.06. The van der Waals surface area contributed by atoms with E-state index in [4.69, 9.17) is 4.98 Å². The summed E-state index contributed by atoms with van der Waals surface area (Å²) in [4.78, 5) is 17.8. The second kappa shape index (κ2) is 9.06. The highest BCUT2D eigenvalue weighted by Gasteiger charge is 2.19. The molecule has 4 heterocycles. The van der Waals surface area contributed by atoms with Gasteiger partial charge in [-0.2, -0.15) is 0 Å². The highest BCUT2D eigenvalue weighted by molar-refractivity contribution is 6.03. The van der Waals surface area contributed by atoms with E-state index in [0.29, 0.717) is 5.69 Å². The third-order valence-corrected chi connectivity index (χ3v) is 6.70. The van der Waals surface area contributed by atoms with Crippen molar-refractivity contribution >= 4 is 27.6 Å². The van der Waals surface area contributed by atoms with Gasteiger partial charge in [-0.25, -0.2) is 9.37 Å². The summed E-state index contributed by atoms with van der Waals surface area (Å²) in [6.45, 7) is 5.43. The lowest BCUT2D eigenvalue weighted by Crippen LogP contribution is -2.44. The molecule has 6 rings (SSSR count). The molecule has 3 aromatic heterocycles. The molecule has 2 aromatic carbocycles. The van der Waals surface area contributed by atoms with E-state index in [1.165, 1.54) is 0 Å². The van der Waals surface area contributed by atoms with E-state index in [2.05, 4.69) is 38.7 Å². The zero-order chi connectivity index (χ0) is 24.6. The van der Waals surface area contributed by atoms with Crippen molar-refractivity contribution in [2.45, 2.75) is 6.92 Å². The highest BCUT2D eigenvalue weighted by Crippen LogP contribution is 2.30. The molecule has 36 heavy (non-hydrogen) atoms. The molecule has 1 aliphatic rings. The van der Waals surface area contributed by atoms with Gasteiger partial charge in [0.2, 0.25) is 0 Å². The van der Waals surface area contributed by atoms with Crippen LogP contribution in [0, 0.1) is 24.6 Å². The van der Waals surface area contributed by atoms with Crippen molar-refractivity contribution in [2.75, 3.05) is 38.1 Å². The number of aryl methyl sites for hydroxylation is 1. The quantitative estimate of drug-likeness (QED) is 0.350. The van der Waals surface area contributed by atoms with Crippen LogP contribution in [0.1, 0.15) is 17.0 Å². The molecule has 5 aromatic rings. The average Bonchev–Trinajstić information content (AvgIpc) is 3.25. The maximum Gasteiger partial charge on any atom is 0.148 e. The molecule has 6 nitrogen and oxygen atoms in total. The van der Waals surface area contributed by atoms with Crippen LogP contribution in [0.5, 0.6) is 0 Å². The predicted octanol–water partition coefficient (Wildman–Crippen LogP) is 4.57. The lowest BCUT2D eigenvalue weighted by Gasteiger charge is -2.34. The lowest BCUT2D eigenvalue weighted by atomic mass is 10.1. The fourth-order valence-electron chi connectivity index (χ4n) is 4.78. The summed E-state index contributed by atoms with van der Waals surface area (Å²) < 4.78 is 17.4. The SMILES string of the molecule is Cc1nc2cnc3ccc(C#Cc4cccnc4)cc3c2n1-c1ccc(N2CCN(C)CC2)c(F)c1.